The van der Waals surface area contributed by atoms with E-state index >= 15 is 0 Å². The van der Waals surface area contributed by atoms with E-state index in [-0.39, 0.29) is 18.6 Å². The lowest BCUT2D eigenvalue weighted by Crippen LogP contribution is -2.33. The molecule has 0 atom stereocenters. The second kappa shape index (κ2) is 8.75. The summed E-state index contributed by atoms with van der Waals surface area (Å²) in [6.07, 6.45) is 0. The Balaban J connectivity index is 1.71. The fourth-order valence-corrected chi connectivity index (χ4v) is 3.05. The molecule has 0 radical (unpaired) electrons. The van der Waals surface area contributed by atoms with Gasteiger partial charge in [0.15, 0.2) is 6.61 Å². The first-order valence-electron chi connectivity index (χ1n) is 8.10. The van der Waals surface area contributed by atoms with Crippen LogP contribution in [-0.2, 0) is 4.79 Å². The lowest BCUT2D eigenvalue weighted by molar-refractivity contribution is -0.123. The fraction of sp³-hybridized carbons (Fsp3) is 0.0952. The molecule has 0 aliphatic carbocycles. The van der Waals surface area contributed by atoms with Crippen molar-refractivity contribution < 1.29 is 9.53 Å². The Bertz CT molecular complexity index is 830. The van der Waals surface area contributed by atoms with Crippen LogP contribution in [0.1, 0.15) is 17.2 Å². The maximum atomic E-state index is 12.4. The Kier molecular flexibility index (Phi) is 6.16. The number of rotatable bonds is 6. The molecule has 0 aliphatic rings. The molecule has 1 N–H and O–H groups in total. The summed E-state index contributed by atoms with van der Waals surface area (Å²) in [5, 5.41) is 3.90. The zero-order valence-electron chi connectivity index (χ0n) is 13.9. The highest BCUT2D eigenvalue weighted by atomic mass is 35.5. The van der Waals surface area contributed by atoms with Gasteiger partial charge in [0.25, 0.3) is 5.91 Å². The summed E-state index contributed by atoms with van der Waals surface area (Å²) >= 11 is 11.9. The minimum Gasteiger partial charge on any atom is -0.482 e. The Morgan fingerprint density at radius 3 is 2.00 bits per heavy atom. The van der Waals surface area contributed by atoms with E-state index in [4.69, 9.17) is 27.9 Å². The minimum absolute atomic E-state index is 0.141. The standard InChI is InChI=1S/C21H17Cl2NO2/c22-17-11-12-19(18(23)13-17)26-14-20(25)24-21(15-7-3-1-4-8-15)16-9-5-2-6-10-16/h1-13,21H,14H2,(H,24,25). The van der Waals surface area contributed by atoms with Crippen LogP contribution in [0.2, 0.25) is 10.0 Å². The van der Waals surface area contributed by atoms with Crippen molar-refractivity contribution in [3.63, 3.8) is 0 Å². The molecular weight excluding hydrogens is 369 g/mol. The Labute approximate surface area is 162 Å². The highest BCUT2D eigenvalue weighted by molar-refractivity contribution is 6.35. The van der Waals surface area contributed by atoms with Crippen molar-refractivity contribution in [3.05, 3.63) is 100 Å². The Morgan fingerprint density at radius 1 is 0.885 bits per heavy atom. The third kappa shape index (κ3) is 4.78. The number of ether oxygens (including phenoxy) is 1. The third-order valence-corrected chi connectivity index (χ3v) is 4.35. The number of hydrogen-bond donors (Lipinski definition) is 1. The van der Waals surface area contributed by atoms with Gasteiger partial charge in [-0.05, 0) is 29.3 Å². The molecule has 3 rings (SSSR count). The lowest BCUT2D eigenvalue weighted by Gasteiger charge is -2.20. The maximum absolute atomic E-state index is 12.4. The first kappa shape index (κ1) is 18.3. The molecule has 1 amide bonds. The quantitative estimate of drug-likeness (QED) is 0.626. The molecular formula is C21H17Cl2NO2. The largest absolute Gasteiger partial charge is 0.482 e. The average molecular weight is 386 g/mol. The van der Waals surface area contributed by atoms with Gasteiger partial charge in [-0.25, -0.2) is 0 Å². The SMILES string of the molecule is O=C(COc1ccc(Cl)cc1Cl)NC(c1ccccc1)c1ccccc1. The van der Waals surface area contributed by atoms with E-state index in [2.05, 4.69) is 5.32 Å². The van der Waals surface area contributed by atoms with Crippen LogP contribution in [0.3, 0.4) is 0 Å². The van der Waals surface area contributed by atoms with Gasteiger partial charge in [0.05, 0.1) is 11.1 Å². The second-order valence-corrected chi connectivity index (χ2v) is 6.53. The zero-order valence-corrected chi connectivity index (χ0v) is 15.4. The fourth-order valence-electron chi connectivity index (χ4n) is 2.59. The molecule has 0 bridgehead atoms. The van der Waals surface area contributed by atoms with Crippen molar-refractivity contribution in [2.75, 3.05) is 6.61 Å². The van der Waals surface area contributed by atoms with E-state index in [1.165, 1.54) is 0 Å². The minimum atomic E-state index is -0.255. The van der Waals surface area contributed by atoms with E-state index in [1.807, 2.05) is 60.7 Å². The molecule has 3 aromatic rings. The molecule has 0 saturated carbocycles. The molecule has 0 aliphatic heterocycles. The van der Waals surface area contributed by atoms with Crippen LogP contribution in [0.25, 0.3) is 0 Å². The number of carbonyl (C=O) groups is 1. The van der Waals surface area contributed by atoms with E-state index in [1.54, 1.807) is 18.2 Å². The van der Waals surface area contributed by atoms with Gasteiger partial charge >= 0.3 is 0 Å². The van der Waals surface area contributed by atoms with Gasteiger partial charge in [0, 0.05) is 5.02 Å². The van der Waals surface area contributed by atoms with Crippen molar-refractivity contribution >= 4 is 29.1 Å². The molecule has 26 heavy (non-hydrogen) atoms. The number of nitrogens with one attached hydrogen (secondary N) is 1. The van der Waals surface area contributed by atoms with E-state index < -0.39 is 0 Å². The predicted octanol–water partition coefficient (Wildman–Crippen LogP) is 5.28. The number of benzene rings is 3. The number of amides is 1. The number of halogens is 2. The van der Waals surface area contributed by atoms with Crippen LogP contribution in [-0.4, -0.2) is 12.5 Å². The number of carbonyl (C=O) groups excluding carboxylic acids is 1. The highest BCUT2D eigenvalue weighted by Crippen LogP contribution is 2.27. The molecule has 5 heteroatoms. The lowest BCUT2D eigenvalue weighted by atomic mass is 9.99. The summed E-state index contributed by atoms with van der Waals surface area (Å²) in [5.41, 5.74) is 1.99. The number of hydrogen-bond acceptors (Lipinski definition) is 2. The van der Waals surface area contributed by atoms with Crippen LogP contribution < -0.4 is 10.1 Å². The molecule has 0 spiro atoms. The van der Waals surface area contributed by atoms with Crippen molar-refractivity contribution in [2.45, 2.75) is 6.04 Å². The normalized spacial score (nSPS) is 10.6. The summed E-state index contributed by atoms with van der Waals surface area (Å²) < 4.78 is 5.52. The summed E-state index contributed by atoms with van der Waals surface area (Å²) in [6.45, 7) is -0.141. The molecule has 0 unspecified atom stereocenters. The third-order valence-electron chi connectivity index (χ3n) is 3.82. The average Bonchev–Trinajstić information content (AvgIpc) is 2.67. The molecule has 0 saturated heterocycles. The molecule has 0 aromatic heterocycles. The topological polar surface area (TPSA) is 38.3 Å². The zero-order chi connectivity index (χ0) is 18.4. The molecule has 132 valence electrons. The van der Waals surface area contributed by atoms with Crippen LogP contribution in [0.15, 0.2) is 78.9 Å². The van der Waals surface area contributed by atoms with Gasteiger partial charge in [-0.2, -0.15) is 0 Å². The van der Waals surface area contributed by atoms with Gasteiger partial charge in [0.1, 0.15) is 5.75 Å². The Hall–Kier alpha value is -2.49. The van der Waals surface area contributed by atoms with E-state index in [9.17, 15) is 4.79 Å². The molecule has 0 heterocycles. The van der Waals surface area contributed by atoms with Gasteiger partial charge in [-0.3, -0.25) is 4.79 Å². The van der Waals surface area contributed by atoms with Crippen molar-refractivity contribution in [2.24, 2.45) is 0 Å². The van der Waals surface area contributed by atoms with Gasteiger partial charge in [-0.1, -0.05) is 83.9 Å². The van der Waals surface area contributed by atoms with Crippen molar-refractivity contribution in [1.82, 2.24) is 5.32 Å². The smallest absolute Gasteiger partial charge is 0.258 e. The van der Waals surface area contributed by atoms with Gasteiger partial charge in [-0.15, -0.1) is 0 Å². The monoisotopic (exact) mass is 385 g/mol. The second-order valence-electron chi connectivity index (χ2n) is 5.69. The van der Waals surface area contributed by atoms with Crippen LogP contribution in [0.5, 0.6) is 5.75 Å². The highest BCUT2D eigenvalue weighted by Gasteiger charge is 2.17. The molecule has 3 aromatic carbocycles. The first-order valence-corrected chi connectivity index (χ1v) is 8.86. The molecule has 3 nitrogen and oxygen atoms in total. The van der Waals surface area contributed by atoms with Crippen molar-refractivity contribution in [3.8, 4) is 5.75 Å². The van der Waals surface area contributed by atoms with Gasteiger partial charge < -0.3 is 10.1 Å². The van der Waals surface area contributed by atoms with Crippen LogP contribution >= 0.6 is 23.2 Å². The molecule has 0 fully saturated rings. The Morgan fingerprint density at radius 2 is 1.46 bits per heavy atom. The first-order chi connectivity index (χ1) is 12.6. The summed E-state index contributed by atoms with van der Waals surface area (Å²) in [6, 6.07) is 24.2. The van der Waals surface area contributed by atoms with Gasteiger partial charge in [0.2, 0.25) is 0 Å². The van der Waals surface area contributed by atoms with E-state index in [0.29, 0.717) is 15.8 Å². The van der Waals surface area contributed by atoms with Crippen LogP contribution in [0, 0.1) is 0 Å². The summed E-state index contributed by atoms with van der Waals surface area (Å²) in [5.74, 6) is 0.177. The summed E-state index contributed by atoms with van der Waals surface area (Å²) in [7, 11) is 0. The summed E-state index contributed by atoms with van der Waals surface area (Å²) in [4.78, 5) is 12.4. The maximum Gasteiger partial charge on any atom is 0.258 e. The van der Waals surface area contributed by atoms with Crippen LogP contribution in [0.4, 0.5) is 0 Å². The van der Waals surface area contributed by atoms with E-state index in [0.717, 1.165) is 11.1 Å². The predicted molar refractivity (Wildman–Crippen MR) is 105 cm³/mol. The van der Waals surface area contributed by atoms with Crippen molar-refractivity contribution in [1.29, 1.82) is 0 Å².